The lowest BCUT2D eigenvalue weighted by molar-refractivity contribution is 0.0762. The molecule has 1 atom stereocenters. The van der Waals surface area contributed by atoms with Crippen molar-refractivity contribution in [2.45, 2.75) is 18.6 Å². The summed E-state index contributed by atoms with van der Waals surface area (Å²) >= 11 is 1.96. The Bertz CT molecular complexity index is 424. The molecule has 1 aliphatic heterocycles. The Morgan fingerprint density at radius 1 is 1.56 bits per heavy atom. The van der Waals surface area contributed by atoms with Crippen molar-refractivity contribution in [2.24, 2.45) is 5.84 Å². The molecule has 18 heavy (non-hydrogen) atoms. The number of nitrogen functional groups attached to an aromatic ring is 1. The van der Waals surface area contributed by atoms with Gasteiger partial charge in [-0.15, -0.1) is 0 Å². The second-order valence-corrected chi connectivity index (χ2v) is 5.75. The van der Waals surface area contributed by atoms with E-state index in [0.29, 0.717) is 16.5 Å². The van der Waals surface area contributed by atoms with Gasteiger partial charge in [0, 0.05) is 24.1 Å². The predicted octanol–water partition coefficient (Wildman–Crippen LogP) is 1.94. The van der Waals surface area contributed by atoms with Crippen LogP contribution in [-0.2, 0) is 0 Å². The van der Waals surface area contributed by atoms with E-state index in [1.54, 1.807) is 0 Å². The van der Waals surface area contributed by atoms with Crippen molar-refractivity contribution in [1.29, 1.82) is 0 Å². The molecule has 0 aromatic heterocycles. The Labute approximate surface area is 112 Å². The number of hydrazine groups is 1. The maximum atomic E-state index is 12.5. The Kier molecular flexibility index (Phi) is 4.49. The molecular formula is C13H19N3OS. The molecule has 0 radical (unpaired) electrons. The molecule has 0 saturated carbocycles. The summed E-state index contributed by atoms with van der Waals surface area (Å²) < 4.78 is 0. The molecule has 1 heterocycles. The van der Waals surface area contributed by atoms with Crippen molar-refractivity contribution >= 4 is 23.4 Å². The number of benzene rings is 1. The highest BCUT2D eigenvalue weighted by atomic mass is 32.2. The van der Waals surface area contributed by atoms with Crippen LogP contribution in [0.15, 0.2) is 24.3 Å². The second kappa shape index (κ2) is 6.11. The zero-order chi connectivity index (χ0) is 13.0. The Morgan fingerprint density at radius 3 is 3.06 bits per heavy atom. The van der Waals surface area contributed by atoms with E-state index in [0.717, 1.165) is 25.3 Å². The highest BCUT2D eigenvalue weighted by Gasteiger charge is 2.24. The summed E-state index contributed by atoms with van der Waals surface area (Å²) in [6, 6.07) is 7.38. The van der Waals surface area contributed by atoms with Gasteiger partial charge in [-0.05, 0) is 18.6 Å². The van der Waals surface area contributed by atoms with E-state index < -0.39 is 0 Å². The molecular weight excluding hydrogens is 246 g/mol. The smallest absolute Gasteiger partial charge is 0.256 e. The molecule has 1 aliphatic rings. The molecule has 4 nitrogen and oxygen atoms in total. The van der Waals surface area contributed by atoms with Crippen LogP contribution in [0.3, 0.4) is 0 Å². The van der Waals surface area contributed by atoms with E-state index in [1.165, 1.54) is 0 Å². The van der Waals surface area contributed by atoms with Crippen LogP contribution >= 0.6 is 11.8 Å². The third kappa shape index (κ3) is 2.79. The van der Waals surface area contributed by atoms with Gasteiger partial charge in [-0.3, -0.25) is 10.6 Å². The lowest BCUT2D eigenvalue weighted by Crippen LogP contribution is -2.42. The zero-order valence-corrected chi connectivity index (χ0v) is 11.4. The fourth-order valence-electron chi connectivity index (χ4n) is 2.12. The van der Waals surface area contributed by atoms with Crippen molar-refractivity contribution < 1.29 is 4.79 Å². The molecule has 98 valence electrons. The average molecular weight is 265 g/mol. The normalized spacial score (nSPS) is 19.7. The number of nitrogens with two attached hydrogens (primary N) is 1. The summed E-state index contributed by atoms with van der Waals surface area (Å²) in [5.41, 5.74) is 3.93. The Morgan fingerprint density at radius 2 is 2.33 bits per heavy atom. The summed E-state index contributed by atoms with van der Waals surface area (Å²) in [7, 11) is 0. The van der Waals surface area contributed by atoms with Crippen LogP contribution in [-0.4, -0.2) is 34.9 Å². The lowest BCUT2D eigenvalue weighted by atomic mass is 10.1. The summed E-state index contributed by atoms with van der Waals surface area (Å²) in [5, 5.41) is 0.556. The largest absolute Gasteiger partial charge is 0.337 e. The van der Waals surface area contributed by atoms with Gasteiger partial charge in [-0.1, -0.05) is 19.1 Å². The summed E-state index contributed by atoms with van der Waals surface area (Å²) in [6.07, 6.45) is 1.10. The third-order valence-corrected chi connectivity index (χ3v) is 4.57. The molecule has 0 bridgehead atoms. The monoisotopic (exact) mass is 265 g/mol. The van der Waals surface area contributed by atoms with Crippen LogP contribution in [0.4, 0.5) is 5.69 Å². The highest BCUT2D eigenvalue weighted by molar-refractivity contribution is 8.00. The van der Waals surface area contributed by atoms with Gasteiger partial charge < -0.3 is 10.3 Å². The molecule has 0 spiro atoms. The lowest BCUT2D eigenvalue weighted by Gasteiger charge is -2.32. The first-order valence-electron chi connectivity index (χ1n) is 6.22. The van der Waals surface area contributed by atoms with Crippen LogP contribution < -0.4 is 11.3 Å². The molecule has 1 unspecified atom stereocenters. The van der Waals surface area contributed by atoms with Crippen molar-refractivity contribution in [2.75, 3.05) is 24.3 Å². The van der Waals surface area contributed by atoms with Gasteiger partial charge in [0.15, 0.2) is 0 Å². The van der Waals surface area contributed by atoms with Crippen molar-refractivity contribution in [3.8, 4) is 0 Å². The number of carbonyl (C=O) groups excluding carboxylic acids is 1. The van der Waals surface area contributed by atoms with E-state index in [9.17, 15) is 4.79 Å². The van der Waals surface area contributed by atoms with E-state index in [-0.39, 0.29) is 5.91 Å². The number of hydrogen-bond donors (Lipinski definition) is 2. The van der Waals surface area contributed by atoms with Gasteiger partial charge in [-0.25, -0.2) is 0 Å². The molecule has 1 saturated heterocycles. The zero-order valence-electron chi connectivity index (χ0n) is 10.6. The van der Waals surface area contributed by atoms with E-state index in [1.807, 2.05) is 40.9 Å². The number of hydrogen-bond acceptors (Lipinski definition) is 4. The molecule has 1 fully saturated rings. The van der Waals surface area contributed by atoms with Gasteiger partial charge in [0.2, 0.25) is 0 Å². The second-order valence-electron chi connectivity index (χ2n) is 4.34. The van der Waals surface area contributed by atoms with Gasteiger partial charge in [0.25, 0.3) is 5.91 Å². The first-order valence-corrected chi connectivity index (χ1v) is 7.27. The Balaban J connectivity index is 2.15. The third-order valence-electron chi connectivity index (χ3n) is 3.19. The van der Waals surface area contributed by atoms with Crippen LogP contribution in [0.2, 0.25) is 0 Å². The molecule has 1 aromatic rings. The molecule has 1 aromatic carbocycles. The van der Waals surface area contributed by atoms with E-state index in [2.05, 4.69) is 12.3 Å². The minimum Gasteiger partial charge on any atom is -0.337 e. The number of anilines is 1. The molecule has 1 amide bonds. The first kappa shape index (κ1) is 13.2. The number of nitrogens with zero attached hydrogens (tertiary/aromatic N) is 1. The number of rotatable bonds is 3. The summed E-state index contributed by atoms with van der Waals surface area (Å²) in [4.78, 5) is 14.4. The molecule has 0 aliphatic carbocycles. The number of nitrogens with one attached hydrogen (secondary N) is 1. The maximum Gasteiger partial charge on any atom is 0.256 e. The van der Waals surface area contributed by atoms with Crippen LogP contribution in [0.1, 0.15) is 23.7 Å². The highest BCUT2D eigenvalue weighted by Crippen LogP contribution is 2.24. The molecule has 3 N–H and O–H groups in total. The van der Waals surface area contributed by atoms with Crippen molar-refractivity contribution in [1.82, 2.24) is 4.90 Å². The fraction of sp³-hybridized carbons (Fsp3) is 0.462. The number of para-hydroxylation sites is 1. The van der Waals surface area contributed by atoms with Crippen LogP contribution in [0.5, 0.6) is 0 Å². The SMILES string of the molecule is CCC1CN(C(=O)c2ccccc2NN)CCS1. The van der Waals surface area contributed by atoms with Gasteiger partial charge in [-0.2, -0.15) is 11.8 Å². The van der Waals surface area contributed by atoms with E-state index in [4.69, 9.17) is 5.84 Å². The van der Waals surface area contributed by atoms with Gasteiger partial charge in [0.05, 0.1) is 11.3 Å². The van der Waals surface area contributed by atoms with Crippen LogP contribution in [0.25, 0.3) is 0 Å². The standard InChI is InChI=1S/C13H19N3OS/c1-2-10-9-16(7-8-18-10)13(17)11-5-3-4-6-12(11)15-14/h3-6,10,15H,2,7-9,14H2,1H3. The Hall–Kier alpha value is -1.20. The van der Waals surface area contributed by atoms with Gasteiger partial charge >= 0.3 is 0 Å². The predicted molar refractivity (Wildman–Crippen MR) is 76.7 cm³/mol. The number of thioether (sulfide) groups is 1. The quantitative estimate of drug-likeness (QED) is 0.648. The van der Waals surface area contributed by atoms with Crippen molar-refractivity contribution in [3.63, 3.8) is 0 Å². The average Bonchev–Trinajstić information content (AvgIpc) is 2.46. The minimum absolute atomic E-state index is 0.0716. The van der Waals surface area contributed by atoms with Crippen LogP contribution in [0, 0.1) is 0 Å². The molecule has 2 rings (SSSR count). The fourth-order valence-corrected chi connectivity index (χ4v) is 3.30. The summed E-state index contributed by atoms with van der Waals surface area (Å²) in [5.74, 6) is 6.53. The van der Waals surface area contributed by atoms with Gasteiger partial charge in [0.1, 0.15) is 0 Å². The topological polar surface area (TPSA) is 58.4 Å². The summed E-state index contributed by atoms with van der Waals surface area (Å²) in [6.45, 7) is 3.82. The minimum atomic E-state index is 0.0716. The maximum absolute atomic E-state index is 12.5. The number of amides is 1. The van der Waals surface area contributed by atoms with Crippen molar-refractivity contribution in [3.05, 3.63) is 29.8 Å². The first-order chi connectivity index (χ1) is 8.76. The van der Waals surface area contributed by atoms with E-state index >= 15 is 0 Å². The number of carbonyl (C=O) groups is 1. The molecule has 5 heteroatoms.